The van der Waals surface area contributed by atoms with Gasteiger partial charge < -0.3 is 14.8 Å². The van der Waals surface area contributed by atoms with E-state index in [9.17, 15) is 4.79 Å². The maximum absolute atomic E-state index is 13.1. The standard InChI is InChI=1S/C26H28Cl2N4O3S/c1-5-12-36-26-30-25-29-16(4)22(24(33)35-15(2)3)23(32(25)31-26)18-7-9-19(10-8-18)34-14-17-6-11-20(27)21(28)13-17/h6-11,13,15,23H,5,12,14H2,1-4H3,(H,29,30,31). The average molecular weight is 548 g/mol. The van der Waals surface area contributed by atoms with Crippen LogP contribution in [0.2, 0.25) is 10.0 Å². The summed E-state index contributed by atoms with van der Waals surface area (Å²) >= 11 is 13.7. The van der Waals surface area contributed by atoms with E-state index in [2.05, 4.69) is 17.2 Å². The molecule has 0 aliphatic carbocycles. The summed E-state index contributed by atoms with van der Waals surface area (Å²) in [6, 6.07) is 12.5. The number of hydrogen-bond acceptors (Lipinski definition) is 7. The molecule has 0 saturated heterocycles. The fraction of sp³-hybridized carbons (Fsp3) is 0.346. The van der Waals surface area contributed by atoms with E-state index in [1.165, 1.54) is 0 Å². The van der Waals surface area contributed by atoms with Crippen molar-refractivity contribution >= 4 is 46.9 Å². The Morgan fingerprint density at radius 2 is 1.92 bits per heavy atom. The minimum absolute atomic E-state index is 0.247. The van der Waals surface area contributed by atoms with Gasteiger partial charge in [0.25, 0.3) is 0 Å². The highest BCUT2D eigenvalue weighted by molar-refractivity contribution is 7.99. The van der Waals surface area contributed by atoms with Crippen LogP contribution in [0.5, 0.6) is 5.75 Å². The molecule has 0 spiro atoms. The lowest BCUT2D eigenvalue weighted by Crippen LogP contribution is -2.30. The number of carbonyl (C=O) groups excluding carboxylic acids is 1. The molecule has 1 aliphatic rings. The van der Waals surface area contributed by atoms with Crippen LogP contribution in [0, 0.1) is 0 Å². The second-order valence-electron chi connectivity index (χ2n) is 8.64. The zero-order valence-electron chi connectivity index (χ0n) is 20.5. The van der Waals surface area contributed by atoms with Crippen LogP contribution < -0.4 is 10.1 Å². The minimum Gasteiger partial charge on any atom is -0.489 e. The summed E-state index contributed by atoms with van der Waals surface area (Å²) in [5.41, 5.74) is 2.97. The first kappa shape index (κ1) is 26.4. The molecule has 36 heavy (non-hydrogen) atoms. The van der Waals surface area contributed by atoms with Crippen LogP contribution in [0.25, 0.3) is 0 Å². The number of allylic oxidation sites excluding steroid dienone is 1. The molecule has 0 saturated carbocycles. The van der Waals surface area contributed by atoms with Crippen LogP contribution in [0.15, 0.2) is 58.9 Å². The van der Waals surface area contributed by atoms with E-state index < -0.39 is 6.04 Å². The Morgan fingerprint density at radius 1 is 1.17 bits per heavy atom. The summed E-state index contributed by atoms with van der Waals surface area (Å²) in [7, 11) is 0. The van der Waals surface area contributed by atoms with Gasteiger partial charge in [0.05, 0.1) is 21.7 Å². The first-order chi connectivity index (χ1) is 17.3. The summed E-state index contributed by atoms with van der Waals surface area (Å²) in [4.78, 5) is 17.8. The number of ether oxygens (including phenoxy) is 2. The Balaban J connectivity index is 1.62. The van der Waals surface area contributed by atoms with Crippen molar-refractivity contribution in [3.05, 3.63) is 74.9 Å². The van der Waals surface area contributed by atoms with Crippen LogP contribution in [0.1, 0.15) is 51.3 Å². The van der Waals surface area contributed by atoms with Crippen LogP contribution in [-0.4, -0.2) is 32.6 Å². The van der Waals surface area contributed by atoms with E-state index in [-0.39, 0.29) is 12.1 Å². The first-order valence-electron chi connectivity index (χ1n) is 11.7. The number of carbonyl (C=O) groups is 1. The molecule has 1 aliphatic heterocycles. The van der Waals surface area contributed by atoms with Crippen LogP contribution in [0.3, 0.4) is 0 Å². The highest BCUT2D eigenvalue weighted by atomic mass is 35.5. The summed E-state index contributed by atoms with van der Waals surface area (Å²) in [5.74, 6) is 1.80. The van der Waals surface area contributed by atoms with Crippen LogP contribution in [0.4, 0.5) is 5.95 Å². The van der Waals surface area contributed by atoms with Crippen molar-refractivity contribution in [3.8, 4) is 5.75 Å². The molecule has 0 amide bonds. The molecule has 2 heterocycles. The summed E-state index contributed by atoms with van der Waals surface area (Å²) < 4.78 is 13.3. The van der Waals surface area contributed by atoms with Gasteiger partial charge in [0.15, 0.2) is 0 Å². The average Bonchev–Trinajstić information content (AvgIpc) is 3.24. The molecule has 1 aromatic heterocycles. The van der Waals surface area contributed by atoms with Crippen molar-refractivity contribution in [1.29, 1.82) is 0 Å². The predicted octanol–water partition coefficient (Wildman–Crippen LogP) is 6.91. The predicted molar refractivity (Wildman–Crippen MR) is 144 cm³/mol. The lowest BCUT2D eigenvalue weighted by molar-refractivity contribution is -0.143. The molecule has 0 fully saturated rings. The smallest absolute Gasteiger partial charge is 0.338 e. The Bertz CT molecular complexity index is 1270. The van der Waals surface area contributed by atoms with Crippen LogP contribution in [-0.2, 0) is 16.1 Å². The maximum atomic E-state index is 13.1. The summed E-state index contributed by atoms with van der Waals surface area (Å²) in [6.07, 6.45) is 0.765. The highest BCUT2D eigenvalue weighted by Gasteiger charge is 2.35. The zero-order chi connectivity index (χ0) is 25.8. The number of hydrogen-bond donors (Lipinski definition) is 1. The maximum Gasteiger partial charge on any atom is 0.338 e. The number of aromatic nitrogens is 3. The van der Waals surface area contributed by atoms with Crippen molar-refractivity contribution in [2.24, 2.45) is 0 Å². The van der Waals surface area contributed by atoms with Gasteiger partial charge in [-0.2, -0.15) is 4.98 Å². The highest BCUT2D eigenvalue weighted by Crippen LogP contribution is 2.37. The first-order valence-corrected chi connectivity index (χ1v) is 13.5. The number of esters is 1. The van der Waals surface area contributed by atoms with Gasteiger partial charge in [-0.3, -0.25) is 0 Å². The molecular weight excluding hydrogens is 519 g/mol. The molecule has 0 radical (unpaired) electrons. The second kappa shape index (κ2) is 11.6. The number of thioether (sulfide) groups is 1. The minimum atomic E-state index is -0.486. The molecule has 1 atom stereocenters. The largest absolute Gasteiger partial charge is 0.489 e. The Morgan fingerprint density at radius 3 is 2.58 bits per heavy atom. The molecular formula is C26H28Cl2N4O3S. The number of nitrogens with one attached hydrogen (secondary N) is 1. The molecule has 0 bridgehead atoms. The van der Waals surface area contributed by atoms with Crippen molar-refractivity contribution in [2.45, 2.75) is 58.0 Å². The Kier molecular flexibility index (Phi) is 8.49. The molecule has 10 heteroatoms. The van der Waals surface area contributed by atoms with Gasteiger partial charge in [-0.15, -0.1) is 5.10 Å². The number of rotatable bonds is 9. The monoisotopic (exact) mass is 546 g/mol. The van der Waals surface area contributed by atoms with Gasteiger partial charge in [0.1, 0.15) is 18.4 Å². The number of fused-ring (bicyclic) bond motifs is 1. The lowest BCUT2D eigenvalue weighted by Gasteiger charge is -2.28. The third-order valence-corrected chi connectivity index (χ3v) is 7.20. The Hall–Kier alpha value is -2.68. The number of benzene rings is 2. The van der Waals surface area contributed by atoms with E-state index in [0.29, 0.717) is 44.8 Å². The van der Waals surface area contributed by atoms with E-state index in [1.807, 2.05) is 51.1 Å². The lowest BCUT2D eigenvalue weighted by atomic mass is 9.95. The van der Waals surface area contributed by atoms with Gasteiger partial charge in [-0.05, 0) is 62.6 Å². The van der Waals surface area contributed by atoms with Crippen molar-refractivity contribution in [2.75, 3.05) is 11.1 Å². The summed E-state index contributed by atoms with van der Waals surface area (Å²) in [5, 5.41) is 9.60. The van der Waals surface area contributed by atoms with E-state index in [1.54, 1.807) is 28.6 Å². The third-order valence-electron chi connectivity index (χ3n) is 5.42. The van der Waals surface area contributed by atoms with Gasteiger partial charge in [-0.25, -0.2) is 9.48 Å². The molecule has 190 valence electrons. The SMILES string of the molecule is CCCSc1nc2n(n1)C(c1ccc(OCc3ccc(Cl)c(Cl)c3)cc1)C(C(=O)OC(C)C)=C(C)N2. The molecule has 1 N–H and O–H groups in total. The zero-order valence-corrected chi connectivity index (χ0v) is 22.9. The third kappa shape index (κ3) is 5.99. The van der Waals surface area contributed by atoms with Gasteiger partial charge in [-0.1, -0.05) is 60.1 Å². The quantitative estimate of drug-likeness (QED) is 0.231. The molecule has 4 rings (SSSR count). The normalized spacial score (nSPS) is 15.0. The van der Waals surface area contributed by atoms with Gasteiger partial charge >= 0.3 is 5.97 Å². The van der Waals surface area contributed by atoms with E-state index in [4.69, 9.17) is 37.8 Å². The van der Waals surface area contributed by atoms with E-state index in [0.717, 1.165) is 23.3 Å². The molecule has 1 unspecified atom stereocenters. The topological polar surface area (TPSA) is 78.3 Å². The number of halogens is 2. The fourth-order valence-corrected chi connectivity index (χ4v) is 4.78. The summed E-state index contributed by atoms with van der Waals surface area (Å²) in [6.45, 7) is 7.98. The Labute approximate surface area is 225 Å². The number of anilines is 1. The van der Waals surface area contributed by atoms with Gasteiger partial charge in [0.2, 0.25) is 11.1 Å². The van der Waals surface area contributed by atoms with Gasteiger partial charge in [0, 0.05) is 11.4 Å². The number of nitrogens with zero attached hydrogens (tertiary/aromatic N) is 3. The fourth-order valence-electron chi connectivity index (χ4n) is 3.78. The van der Waals surface area contributed by atoms with Crippen molar-refractivity contribution in [3.63, 3.8) is 0 Å². The van der Waals surface area contributed by atoms with Crippen LogP contribution >= 0.6 is 35.0 Å². The molecule has 3 aromatic rings. The molecule has 2 aromatic carbocycles. The molecule has 7 nitrogen and oxygen atoms in total. The van der Waals surface area contributed by atoms with Crippen molar-refractivity contribution < 1.29 is 14.3 Å². The van der Waals surface area contributed by atoms with E-state index >= 15 is 0 Å². The van der Waals surface area contributed by atoms with Crippen molar-refractivity contribution in [1.82, 2.24) is 14.8 Å². The second-order valence-corrected chi connectivity index (χ2v) is 10.5.